The van der Waals surface area contributed by atoms with Crippen LogP contribution in [0, 0.1) is 11.7 Å². The molecule has 3 N–H and O–H groups in total. The Morgan fingerprint density at radius 1 is 1.24 bits per heavy atom. The number of ether oxygens (including phenoxy) is 2. The van der Waals surface area contributed by atoms with E-state index in [1.807, 2.05) is 0 Å². The lowest BCUT2D eigenvalue weighted by Crippen LogP contribution is -2.41. The van der Waals surface area contributed by atoms with E-state index in [0.717, 1.165) is 0 Å². The van der Waals surface area contributed by atoms with Gasteiger partial charge in [-0.25, -0.2) is 9.18 Å². The number of hydrogen-bond acceptors (Lipinski definition) is 4. The van der Waals surface area contributed by atoms with Crippen LogP contribution in [-0.2, 0) is 9.53 Å². The lowest BCUT2D eigenvalue weighted by molar-refractivity contribution is -0.142. The van der Waals surface area contributed by atoms with Gasteiger partial charge < -0.3 is 25.2 Å². The van der Waals surface area contributed by atoms with E-state index in [1.165, 1.54) is 19.2 Å². The topological polar surface area (TPSA) is 96.9 Å². The Morgan fingerprint density at radius 3 is 2.56 bits per heavy atom. The average molecular weight is 354 g/mol. The number of methoxy groups -OCH3 is 1. The zero-order valence-electron chi connectivity index (χ0n) is 14.1. The van der Waals surface area contributed by atoms with Gasteiger partial charge in [0, 0.05) is 24.9 Å². The first-order valence-electron chi connectivity index (χ1n) is 8.21. The Balaban J connectivity index is 1.80. The van der Waals surface area contributed by atoms with Gasteiger partial charge in [-0.15, -0.1) is 0 Å². The molecule has 0 radical (unpaired) electrons. The largest absolute Gasteiger partial charge is 0.488 e. The van der Waals surface area contributed by atoms with Crippen LogP contribution >= 0.6 is 0 Å². The summed E-state index contributed by atoms with van der Waals surface area (Å²) in [6, 6.07) is 3.66. The average Bonchev–Trinajstić information content (AvgIpc) is 2.57. The van der Waals surface area contributed by atoms with Crippen LogP contribution in [0.3, 0.4) is 0 Å². The standard InChI is InChI=1S/C17H23FN2O5/c1-24-8-9-25-15-7-6-13(10-14(15)18)20-17(23)19-12-4-2-11(3-5-12)16(21)22/h6-7,10-12H,2-5,8-9H2,1H3,(H,21,22)(H2,19,20,23). The van der Waals surface area contributed by atoms with Crippen LogP contribution in [-0.4, -0.2) is 43.5 Å². The number of rotatable bonds is 7. The molecule has 138 valence electrons. The third-order valence-corrected chi connectivity index (χ3v) is 4.15. The number of carboxylic acids is 1. The minimum absolute atomic E-state index is 0.0721. The summed E-state index contributed by atoms with van der Waals surface area (Å²) < 4.78 is 24.0. The van der Waals surface area contributed by atoms with Crippen molar-refractivity contribution in [3.63, 3.8) is 0 Å². The Bertz CT molecular complexity index is 603. The molecule has 0 heterocycles. The van der Waals surface area contributed by atoms with Crippen LogP contribution in [0.4, 0.5) is 14.9 Å². The van der Waals surface area contributed by atoms with Crippen LogP contribution in [0.25, 0.3) is 0 Å². The van der Waals surface area contributed by atoms with E-state index < -0.39 is 17.8 Å². The lowest BCUT2D eigenvalue weighted by atomic mass is 9.86. The molecule has 0 spiro atoms. The first-order valence-corrected chi connectivity index (χ1v) is 8.21. The van der Waals surface area contributed by atoms with Gasteiger partial charge in [-0.3, -0.25) is 4.79 Å². The number of halogens is 1. The molecule has 1 aromatic carbocycles. The highest BCUT2D eigenvalue weighted by Crippen LogP contribution is 2.25. The number of carboxylic acid groups (broad SMARTS) is 1. The molecule has 0 bridgehead atoms. The molecule has 25 heavy (non-hydrogen) atoms. The summed E-state index contributed by atoms with van der Waals surface area (Å²) in [4.78, 5) is 22.9. The van der Waals surface area contributed by atoms with Crippen molar-refractivity contribution in [3.8, 4) is 5.75 Å². The van der Waals surface area contributed by atoms with Crippen LogP contribution in [0.15, 0.2) is 18.2 Å². The molecule has 1 aliphatic carbocycles. The van der Waals surface area contributed by atoms with Gasteiger partial charge in [0.1, 0.15) is 6.61 Å². The zero-order valence-corrected chi connectivity index (χ0v) is 14.1. The third kappa shape index (κ3) is 5.90. The molecule has 1 saturated carbocycles. The quantitative estimate of drug-likeness (QED) is 0.654. The second-order valence-corrected chi connectivity index (χ2v) is 5.97. The number of benzene rings is 1. The predicted octanol–water partition coefficient (Wildman–Crippen LogP) is 2.62. The second kappa shape index (κ2) is 9.22. The van der Waals surface area contributed by atoms with Crippen molar-refractivity contribution >= 4 is 17.7 Å². The van der Waals surface area contributed by atoms with Crippen molar-refractivity contribution in [2.45, 2.75) is 31.7 Å². The van der Waals surface area contributed by atoms with E-state index in [9.17, 15) is 14.0 Å². The molecular formula is C17H23FN2O5. The SMILES string of the molecule is COCCOc1ccc(NC(=O)NC2CCC(C(=O)O)CC2)cc1F. The predicted molar refractivity (Wildman–Crippen MR) is 89.3 cm³/mol. The highest BCUT2D eigenvalue weighted by atomic mass is 19.1. The molecule has 0 unspecified atom stereocenters. The fourth-order valence-electron chi connectivity index (χ4n) is 2.77. The highest BCUT2D eigenvalue weighted by Gasteiger charge is 2.26. The summed E-state index contributed by atoms with van der Waals surface area (Å²) in [6.45, 7) is 0.589. The van der Waals surface area contributed by atoms with Gasteiger partial charge in [0.25, 0.3) is 0 Å². The van der Waals surface area contributed by atoms with E-state index in [-0.39, 0.29) is 24.3 Å². The fraction of sp³-hybridized carbons (Fsp3) is 0.529. The van der Waals surface area contributed by atoms with Crippen molar-refractivity contribution in [2.75, 3.05) is 25.6 Å². The van der Waals surface area contributed by atoms with Gasteiger partial charge in [0.05, 0.1) is 12.5 Å². The molecule has 1 aromatic rings. The van der Waals surface area contributed by atoms with Crippen LogP contribution in [0.1, 0.15) is 25.7 Å². The van der Waals surface area contributed by atoms with Crippen molar-refractivity contribution in [3.05, 3.63) is 24.0 Å². The molecule has 0 aliphatic heterocycles. The maximum atomic E-state index is 13.9. The van der Waals surface area contributed by atoms with Crippen molar-refractivity contribution < 1.29 is 28.6 Å². The maximum Gasteiger partial charge on any atom is 0.319 e. The van der Waals surface area contributed by atoms with E-state index in [4.69, 9.17) is 14.6 Å². The molecule has 0 saturated heterocycles. The number of carbonyl (C=O) groups is 2. The first-order chi connectivity index (χ1) is 12.0. The fourth-order valence-corrected chi connectivity index (χ4v) is 2.77. The zero-order chi connectivity index (χ0) is 18.2. The Labute approximate surface area is 145 Å². The monoisotopic (exact) mass is 354 g/mol. The number of nitrogens with one attached hydrogen (secondary N) is 2. The molecule has 1 fully saturated rings. The summed E-state index contributed by atoms with van der Waals surface area (Å²) in [5, 5.41) is 14.3. The van der Waals surface area contributed by atoms with E-state index in [2.05, 4.69) is 10.6 Å². The van der Waals surface area contributed by atoms with E-state index in [0.29, 0.717) is 38.0 Å². The molecule has 8 heteroatoms. The number of urea groups is 1. The minimum Gasteiger partial charge on any atom is -0.488 e. The van der Waals surface area contributed by atoms with Gasteiger partial charge >= 0.3 is 12.0 Å². The maximum absolute atomic E-state index is 13.9. The van der Waals surface area contributed by atoms with Gasteiger partial charge in [0.15, 0.2) is 11.6 Å². The van der Waals surface area contributed by atoms with Gasteiger partial charge in [-0.05, 0) is 37.8 Å². The summed E-state index contributed by atoms with van der Waals surface area (Å²) >= 11 is 0. The smallest absolute Gasteiger partial charge is 0.319 e. The Kier molecular flexibility index (Phi) is 7.00. The summed E-state index contributed by atoms with van der Waals surface area (Å²) in [6.07, 6.45) is 2.32. The molecule has 2 rings (SSSR count). The molecular weight excluding hydrogens is 331 g/mol. The summed E-state index contributed by atoms with van der Waals surface area (Å²) in [5.41, 5.74) is 0.313. The number of anilines is 1. The van der Waals surface area contributed by atoms with Crippen LogP contribution in [0.2, 0.25) is 0 Å². The highest BCUT2D eigenvalue weighted by molar-refractivity contribution is 5.89. The molecule has 2 amide bonds. The van der Waals surface area contributed by atoms with Crippen LogP contribution in [0.5, 0.6) is 5.75 Å². The van der Waals surface area contributed by atoms with Crippen molar-refractivity contribution in [1.82, 2.24) is 5.32 Å². The molecule has 0 atom stereocenters. The number of carbonyl (C=O) groups excluding carboxylic acids is 1. The summed E-state index contributed by atoms with van der Waals surface area (Å²) in [7, 11) is 1.53. The summed E-state index contributed by atoms with van der Waals surface area (Å²) in [5.74, 6) is -1.60. The number of aliphatic carboxylic acids is 1. The van der Waals surface area contributed by atoms with Crippen molar-refractivity contribution in [2.24, 2.45) is 5.92 Å². The normalized spacial score (nSPS) is 19.9. The van der Waals surface area contributed by atoms with E-state index >= 15 is 0 Å². The van der Waals surface area contributed by atoms with Gasteiger partial charge in [-0.2, -0.15) is 0 Å². The molecule has 0 aromatic heterocycles. The Morgan fingerprint density at radius 2 is 1.96 bits per heavy atom. The number of amides is 2. The minimum atomic E-state index is -0.786. The Hall–Kier alpha value is -2.35. The second-order valence-electron chi connectivity index (χ2n) is 5.97. The lowest BCUT2D eigenvalue weighted by Gasteiger charge is -2.26. The molecule has 7 nitrogen and oxygen atoms in total. The molecule has 1 aliphatic rings. The number of hydrogen-bond donors (Lipinski definition) is 3. The van der Waals surface area contributed by atoms with E-state index in [1.54, 1.807) is 6.07 Å². The van der Waals surface area contributed by atoms with Gasteiger partial charge in [-0.1, -0.05) is 0 Å². The van der Waals surface area contributed by atoms with Crippen LogP contribution < -0.4 is 15.4 Å². The van der Waals surface area contributed by atoms with Gasteiger partial charge in [0.2, 0.25) is 0 Å². The van der Waals surface area contributed by atoms with Crippen molar-refractivity contribution in [1.29, 1.82) is 0 Å². The first kappa shape index (κ1) is 19.0. The third-order valence-electron chi connectivity index (χ3n) is 4.15.